The number of hydrogen-bond acceptors (Lipinski definition) is 3. The van der Waals surface area contributed by atoms with Crippen LogP contribution in [0.4, 0.5) is 13.2 Å². The first-order valence-corrected chi connectivity index (χ1v) is 11.9. The number of carbonyl (C=O) groups is 2. The summed E-state index contributed by atoms with van der Waals surface area (Å²) in [5.41, 5.74) is 0.156. The molecule has 1 aromatic heterocycles. The second kappa shape index (κ2) is 10.9. The van der Waals surface area contributed by atoms with Crippen molar-refractivity contribution in [2.45, 2.75) is 38.3 Å². The summed E-state index contributed by atoms with van der Waals surface area (Å²) < 4.78 is 38.2. The third kappa shape index (κ3) is 6.38. The minimum Gasteiger partial charge on any atom is -0.352 e. The first kappa shape index (κ1) is 24.7. The molecule has 1 N–H and O–H groups in total. The Bertz CT molecular complexity index is 1170. The van der Waals surface area contributed by atoms with Crippen LogP contribution in [0.25, 0.3) is 10.8 Å². The van der Waals surface area contributed by atoms with E-state index in [-0.39, 0.29) is 17.4 Å². The van der Waals surface area contributed by atoms with Crippen LogP contribution in [0.15, 0.2) is 60.9 Å². The molecule has 2 aromatic carbocycles. The van der Waals surface area contributed by atoms with Gasteiger partial charge in [-0.25, -0.2) is 0 Å². The molecule has 2 amide bonds. The van der Waals surface area contributed by atoms with Gasteiger partial charge in [-0.05, 0) is 73.0 Å². The third-order valence-electron chi connectivity index (χ3n) is 6.59. The summed E-state index contributed by atoms with van der Waals surface area (Å²) in [6, 6.07) is 11.9. The van der Waals surface area contributed by atoms with Gasteiger partial charge >= 0.3 is 6.18 Å². The Balaban J connectivity index is 1.14. The molecule has 0 saturated carbocycles. The maximum Gasteiger partial charge on any atom is 0.416 e. The van der Waals surface area contributed by atoms with Gasteiger partial charge in [0.05, 0.1) is 5.56 Å². The van der Waals surface area contributed by atoms with Gasteiger partial charge in [0, 0.05) is 48.5 Å². The van der Waals surface area contributed by atoms with Crippen LogP contribution in [-0.4, -0.2) is 41.3 Å². The largest absolute Gasteiger partial charge is 0.416 e. The van der Waals surface area contributed by atoms with Crippen LogP contribution in [0.1, 0.15) is 58.4 Å². The number of fused-ring (bicyclic) bond motifs is 1. The molecule has 0 atom stereocenters. The van der Waals surface area contributed by atoms with E-state index in [1.54, 1.807) is 17.3 Å². The van der Waals surface area contributed by atoms with Crippen molar-refractivity contribution in [3.05, 3.63) is 77.6 Å². The number of rotatable bonds is 7. The summed E-state index contributed by atoms with van der Waals surface area (Å²) in [4.78, 5) is 30.8. The normalized spacial score (nSPS) is 14.8. The maximum absolute atomic E-state index is 12.7. The van der Waals surface area contributed by atoms with Gasteiger partial charge in [-0.3, -0.25) is 14.6 Å². The second-order valence-electron chi connectivity index (χ2n) is 9.00. The second-order valence-corrected chi connectivity index (χ2v) is 9.00. The minimum atomic E-state index is -4.41. The van der Waals surface area contributed by atoms with Crippen molar-refractivity contribution in [2.24, 2.45) is 5.92 Å². The fourth-order valence-electron chi connectivity index (χ4n) is 4.50. The van der Waals surface area contributed by atoms with Crippen LogP contribution in [0.5, 0.6) is 0 Å². The Morgan fingerprint density at radius 1 is 0.943 bits per heavy atom. The van der Waals surface area contributed by atoms with E-state index in [2.05, 4.69) is 10.3 Å². The van der Waals surface area contributed by atoms with Crippen LogP contribution < -0.4 is 5.32 Å². The highest BCUT2D eigenvalue weighted by Gasteiger charge is 2.31. The number of amides is 2. The first-order chi connectivity index (χ1) is 16.8. The third-order valence-corrected chi connectivity index (χ3v) is 6.59. The number of pyridine rings is 1. The van der Waals surface area contributed by atoms with Crippen molar-refractivity contribution in [3.8, 4) is 0 Å². The Kier molecular flexibility index (Phi) is 7.68. The molecule has 1 aliphatic heterocycles. The molecule has 3 aromatic rings. The van der Waals surface area contributed by atoms with Gasteiger partial charge in [0.25, 0.3) is 11.8 Å². The summed E-state index contributed by atoms with van der Waals surface area (Å²) in [6.45, 7) is 1.82. The molecule has 35 heavy (non-hydrogen) atoms. The number of piperidine rings is 1. The molecular formula is C27H28F3N3O2. The van der Waals surface area contributed by atoms with Crippen LogP contribution in [0, 0.1) is 5.92 Å². The van der Waals surface area contributed by atoms with Crippen LogP contribution >= 0.6 is 0 Å². The number of hydrogen-bond donors (Lipinski definition) is 1. The Hall–Kier alpha value is -3.42. The van der Waals surface area contributed by atoms with Crippen molar-refractivity contribution in [1.29, 1.82) is 0 Å². The zero-order valence-electron chi connectivity index (χ0n) is 19.4. The van der Waals surface area contributed by atoms with Crippen molar-refractivity contribution in [3.63, 3.8) is 0 Å². The van der Waals surface area contributed by atoms with Gasteiger partial charge in [-0.2, -0.15) is 13.2 Å². The zero-order chi connectivity index (χ0) is 24.8. The molecule has 1 saturated heterocycles. The van der Waals surface area contributed by atoms with Crippen LogP contribution in [0.2, 0.25) is 0 Å². The monoisotopic (exact) mass is 483 g/mol. The minimum absolute atomic E-state index is 0.0918. The maximum atomic E-state index is 12.7. The van der Waals surface area contributed by atoms with Crippen molar-refractivity contribution in [2.75, 3.05) is 19.6 Å². The number of unbranched alkanes of at least 4 members (excludes halogenated alkanes) is 1. The van der Waals surface area contributed by atoms with E-state index in [1.807, 2.05) is 24.3 Å². The van der Waals surface area contributed by atoms with E-state index in [0.29, 0.717) is 31.1 Å². The van der Waals surface area contributed by atoms with Gasteiger partial charge < -0.3 is 10.2 Å². The molecule has 0 spiro atoms. The molecule has 8 heteroatoms. The number of aromatic nitrogens is 1. The van der Waals surface area contributed by atoms with Gasteiger partial charge in [0.15, 0.2) is 0 Å². The van der Waals surface area contributed by atoms with Crippen molar-refractivity contribution in [1.82, 2.24) is 15.2 Å². The molecule has 1 aliphatic rings. The molecule has 2 heterocycles. The molecule has 0 unspecified atom stereocenters. The topological polar surface area (TPSA) is 62.3 Å². The summed E-state index contributed by atoms with van der Waals surface area (Å²) in [7, 11) is 0. The summed E-state index contributed by atoms with van der Waals surface area (Å²) in [6.07, 6.45) is 3.72. The van der Waals surface area contributed by atoms with Crippen molar-refractivity contribution < 1.29 is 22.8 Å². The van der Waals surface area contributed by atoms with E-state index < -0.39 is 11.7 Å². The Morgan fingerprint density at radius 2 is 1.66 bits per heavy atom. The smallest absolute Gasteiger partial charge is 0.352 e. The molecule has 0 radical (unpaired) electrons. The lowest BCUT2D eigenvalue weighted by Gasteiger charge is -2.32. The van der Waals surface area contributed by atoms with Crippen LogP contribution in [0.3, 0.4) is 0 Å². The zero-order valence-corrected chi connectivity index (χ0v) is 19.4. The molecular weight excluding hydrogens is 455 g/mol. The van der Waals surface area contributed by atoms with E-state index >= 15 is 0 Å². The number of likely N-dealkylation sites (tertiary alicyclic amines) is 1. The number of carbonyl (C=O) groups excluding carboxylic acids is 2. The molecule has 4 rings (SSSR count). The quantitative estimate of drug-likeness (QED) is 0.438. The highest BCUT2D eigenvalue weighted by atomic mass is 19.4. The SMILES string of the molecule is O=C(NCCCCC1CCN(C(=O)c2ccc(C(F)(F)F)cc2)CC1)c1ccc2ccncc2c1. The first-order valence-electron chi connectivity index (χ1n) is 11.9. The van der Waals surface area contributed by atoms with Gasteiger partial charge in [0.1, 0.15) is 0 Å². The number of nitrogens with one attached hydrogen (secondary N) is 1. The average Bonchev–Trinajstić information content (AvgIpc) is 2.87. The highest BCUT2D eigenvalue weighted by molar-refractivity contribution is 5.98. The number of nitrogens with zero attached hydrogens (tertiary/aromatic N) is 2. The van der Waals surface area contributed by atoms with Gasteiger partial charge in [0.2, 0.25) is 0 Å². The van der Waals surface area contributed by atoms with Crippen LogP contribution in [-0.2, 0) is 6.18 Å². The molecule has 5 nitrogen and oxygen atoms in total. The molecule has 0 bridgehead atoms. The number of alkyl halides is 3. The fourth-order valence-corrected chi connectivity index (χ4v) is 4.50. The summed E-state index contributed by atoms with van der Waals surface area (Å²) in [5, 5.41) is 4.95. The lowest BCUT2D eigenvalue weighted by Crippen LogP contribution is -2.38. The Morgan fingerprint density at radius 3 is 2.37 bits per heavy atom. The van der Waals surface area contributed by atoms with E-state index in [4.69, 9.17) is 0 Å². The number of benzene rings is 2. The fraction of sp³-hybridized carbons (Fsp3) is 0.370. The standard InChI is InChI=1S/C27H28F3N3O2/c28-27(29,30)24-8-6-21(7-9-24)26(35)33-15-11-19(12-16-33)3-1-2-13-32-25(34)22-5-4-20-10-14-31-18-23(20)17-22/h4-10,14,17-19H,1-3,11-13,15-16H2,(H,32,34). The van der Waals surface area contributed by atoms with E-state index in [1.165, 1.54) is 12.1 Å². The lowest BCUT2D eigenvalue weighted by molar-refractivity contribution is -0.137. The number of halogens is 3. The summed E-state index contributed by atoms with van der Waals surface area (Å²) in [5.74, 6) is 0.200. The van der Waals surface area contributed by atoms with Gasteiger partial charge in [-0.15, -0.1) is 0 Å². The van der Waals surface area contributed by atoms with E-state index in [0.717, 1.165) is 55.0 Å². The summed E-state index contributed by atoms with van der Waals surface area (Å²) >= 11 is 0. The predicted octanol–water partition coefficient (Wildman–Crippen LogP) is 5.71. The lowest BCUT2D eigenvalue weighted by atomic mass is 9.91. The average molecular weight is 484 g/mol. The molecule has 0 aliphatic carbocycles. The van der Waals surface area contributed by atoms with Gasteiger partial charge in [-0.1, -0.05) is 18.9 Å². The Labute approximate surface area is 202 Å². The van der Waals surface area contributed by atoms with Crippen molar-refractivity contribution >= 4 is 22.6 Å². The predicted molar refractivity (Wildman–Crippen MR) is 128 cm³/mol. The molecule has 1 fully saturated rings. The highest BCUT2D eigenvalue weighted by Crippen LogP contribution is 2.30. The van der Waals surface area contributed by atoms with E-state index in [9.17, 15) is 22.8 Å². The molecule has 184 valence electrons.